The zero-order valence-electron chi connectivity index (χ0n) is 10.8. The highest BCUT2D eigenvalue weighted by Gasteiger charge is 2.24. The Morgan fingerprint density at radius 2 is 2.24 bits per heavy atom. The molecule has 2 rings (SSSR count). The van der Waals surface area contributed by atoms with E-state index >= 15 is 0 Å². The third-order valence-corrected chi connectivity index (χ3v) is 3.61. The second kappa shape index (κ2) is 5.50. The van der Waals surface area contributed by atoms with E-state index in [2.05, 4.69) is 18.7 Å². The third-order valence-electron chi connectivity index (χ3n) is 3.61. The molecule has 0 spiro atoms. The van der Waals surface area contributed by atoms with Crippen LogP contribution in [0.15, 0.2) is 12.1 Å². The fraction of sp³-hybridized carbons (Fsp3) is 0.643. The first-order chi connectivity index (χ1) is 8.28. The maximum Gasteiger partial charge on any atom is 0.129 e. The van der Waals surface area contributed by atoms with Crippen LogP contribution in [0.25, 0.3) is 0 Å². The van der Waals surface area contributed by atoms with Crippen molar-refractivity contribution in [3.8, 4) is 0 Å². The Labute approximate surface area is 103 Å². The number of aliphatic hydroxyl groups is 1. The van der Waals surface area contributed by atoms with Gasteiger partial charge in [-0.2, -0.15) is 0 Å². The maximum absolute atomic E-state index is 9.30. The first kappa shape index (κ1) is 12.4. The van der Waals surface area contributed by atoms with E-state index in [4.69, 9.17) is 4.98 Å². The maximum atomic E-state index is 9.30. The van der Waals surface area contributed by atoms with Gasteiger partial charge in [-0.25, -0.2) is 4.98 Å². The molecule has 1 aromatic rings. The van der Waals surface area contributed by atoms with Gasteiger partial charge in [0.2, 0.25) is 0 Å². The smallest absolute Gasteiger partial charge is 0.129 e. The zero-order chi connectivity index (χ0) is 12.3. The molecule has 0 aliphatic carbocycles. The summed E-state index contributed by atoms with van der Waals surface area (Å²) in [5.74, 6) is 1.05. The molecule has 1 aliphatic heterocycles. The van der Waals surface area contributed by atoms with Crippen LogP contribution in [0.3, 0.4) is 0 Å². The number of aryl methyl sites for hydroxylation is 1. The number of anilines is 1. The van der Waals surface area contributed by atoms with Crippen LogP contribution in [0.4, 0.5) is 5.82 Å². The van der Waals surface area contributed by atoms with Crippen LogP contribution in [0, 0.1) is 0 Å². The summed E-state index contributed by atoms with van der Waals surface area (Å²) in [7, 11) is 0. The predicted octanol–water partition coefficient (Wildman–Crippen LogP) is 2.52. The molecule has 3 nitrogen and oxygen atoms in total. The number of rotatable bonds is 4. The van der Waals surface area contributed by atoms with Gasteiger partial charge in [0.15, 0.2) is 0 Å². The zero-order valence-corrected chi connectivity index (χ0v) is 10.8. The van der Waals surface area contributed by atoms with E-state index in [1.54, 1.807) is 0 Å². The van der Waals surface area contributed by atoms with Crippen LogP contribution in [0.2, 0.25) is 0 Å². The molecule has 3 heteroatoms. The number of aromatic nitrogens is 1. The number of hydrogen-bond acceptors (Lipinski definition) is 3. The van der Waals surface area contributed by atoms with Gasteiger partial charge in [-0.1, -0.05) is 13.8 Å². The van der Waals surface area contributed by atoms with Gasteiger partial charge in [0, 0.05) is 18.3 Å². The van der Waals surface area contributed by atoms with Crippen molar-refractivity contribution in [1.82, 2.24) is 4.98 Å². The van der Waals surface area contributed by atoms with Gasteiger partial charge in [-0.3, -0.25) is 0 Å². The van der Waals surface area contributed by atoms with E-state index < -0.39 is 0 Å². The number of hydrogen-bond donors (Lipinski definition) is 1. The number of nitrogens with zero attached hydrogens (tertiary/aromatic N) is 2. The van der Waals surface area contributed by atoms with Crippen molar-refractivity contribution < 1.29 is 5.11 Å². The molecule has 1 unspecified atom stereocenters. The number of pyridine rings is 1. The summed E-state index contributed by atoms with van der Waals surface area (Å²) < 4.78 is 0. The third kappa shape index (κ3) is 2.60. The van der Waals surface area contributed by atoms with Crippen LogP contribution in [0.5, 0.6) is 0 Å². The van der Waals surface area contributed by atoms with Gasteiger partial charge in [0.1, 0.15) is 5.82 Å². The Hall–Kier alpha value is -1.09. The minimum absolute atomic E-state index is 0.104. The second-order valence-electron chi connectivity index (χ2n) is 4.73. The monoisotopic (exact) mass is 234 g/mol. The molecule has 2 heterocycles. The van der Waals surface area contributed by atoms with Crippen molar-refractivity contribution in [1.29, 1.82) is 0 Å². The Balaban J connectivity index is 2.30. The summed E-state index contributed by atoms with van der Waals surface area (Å²) in [6, 6.07) is 4.66. The normalized spacial score (nSPS) is 19.9. The van der Waals surface area contributed by atoms with Gasteiger partial charge < -0.3 is 10.0 Å². The molecule has 1 N–H and O–H groups in total. The van der Waals surface area contributed by atoms with Gasteiger partial charge >= 0.3 is 0 Å². The van der Waals surface area contributed by atoms with E-state index in [1.807, 2.05) is 12.1 Å². The first-order valence-electron chi connectivity index (χ1n) is 6.65. The summed E-state index contributed by atoms with van der Waals surface area (Å²) in [5.41, 5.74) is 2.06. The fourth-order valence-corrected chi connectivity index (χ4v) is 2.61. The molecule has 0 amide bonds. The largest absolute Gasteiger partial charge is 0.392 e. The van der Waals surface area contributed by atoms with Crippen LogP contribution < -0.4 is 4.90 Å². The molecular weight excluding hydrogens is 212 g/mol. The Kier molecular flexibility index (Phi) is 4.00. The van der Waals surface area contributed by atoms with E-state index in [0.29, 0.717) is 6.04 Å². The predicted molar refractivity (Wildman–Crippen MR) is 70.2 cm³/mol. The van der Waals surface area contributed by atoms with Crippen LogP contribution in [0.1, 0.15) is 44.4 Å². The van der Waals surface area contributed by atoms with Crippen molar-refractivity contribution in [2.45, 2.75) is 52.2 Å². The number of aliphatic hydroxyl groups excluding tert-OH is 1. The van der Waals surface area contributed by atoms with Crippen molar-refractivity contribution in [2.24, 2.45) is 0 Å². The standard InChI is InChI=1S/C14H22N2O/c1-3-12-8-11(10-17)9-14(15-12)16-7-5-6-13(16)4-2/h8-9,13,17H,3-7,10H2,1-2H3. The second-order valence-corrected chi connectivity index (χ2v) is 4.73. The topological polar surface area (TPSA) is 36.4 Å². The lowest BCUT2D eigenvalue weighted by atomic mass is 10.1. The molecule has 17 heavy (non-hydrogen) atoms. The Morgan fingerprint density at radius 3 is 2.88 bits per heavy atom. The molecule has 0 saturated carbocycles. The first-order valence-corrected chi connectivity index (χ1v) is 6.65. The summed E-state index contributed by atoms with van der Waals surface area (Å²) in [5, 5.41) is 9.30. The molecule has 1 saturated heterocycles. The molecule has 1 atom stereocenters. The van der Waals surface area contributed by atoms with E-state index in [1.165, 1.54) is 19.3 Å². The average Bonchev–Trinajstić information content (AvgIpc) is 2.86. The SMILES string of the molecule is CCc1cc(CO)cc(N2CCCC2CC)n1. The lowest BCUT2D eigenvalue weighted by Crippen LogP contribution is -2.29. The lowest BCUT2D eigenvalue weighted by molar-refractivity contribution is 0.281. The van der Waals surface area contributed by atoms with Crippen LogP contribution in [-0.2, 0) is 13.0 Å². The van der Waals surface area contributed by atoms with Gasteiger partial charge in [0.05, 0.1) is 6.61 Å². The lowest BCUT2D eigenvalue weighted by Gasteiger charge is -2.25. The van der Waals surface area contributed by atoms with Gasteiger partial charge in [-0.15, -0.1) is 0 Å². The van der Waals surface area contributed by atoms with Crippen molar-refractivity contribution in [3.05, 3.63) is 23.4 Å². The van der Waals surface area contributed by atoms with E-state index in [0.717, 1.165) is 30.0 Å². The highest BCUT2D eigenvalue weighted by atomic mass is 16.3. The molecule has 94 valence electrons. The average molecular weight is 234 g/mol. The summed E-state index contributed by atoms with van der Waals surface area (Å²) in [6.07, 6.45) is 4.62. The highest BCUT2D eigenvalue weighted by molar-refractivity contribution is 5.44. The van der Waals surface area contributed by atoms with Crippen LogP contribution >= 0.6 is 0 Å². The molecule has 1 aliphatic rings. The van der Waals surface area contributed by atoms with Crippen molar-refractivity contribution in [2.75, 3.05) is 11.4 Å². The Morgan fingerprint density at radius 1 is 1.41 bits per heavy atom. The van der Waals surface area contributed by atoms with Crippen molar-refractivity contribution >= 4 is 5.82 Å². The minimum Gasteiger partial charge on any atom is -0.392 e. The highest BCUT2D eigenvalue weighted by Crippen LogP contribution is 2.26. The molecule has 0 radical (unpaired) electrons. The summed E-state index contributed by atoms with van der Waals surface area (Å²) >= 11 is 0. The molecule has 1 aromatic heterocycles. The van der Waals surface area contributed by atoms with Crippen molar-refractivity contribution in [3.63, 3.8) is 0 Å². The van der Waals surface area contributed by atoms with E-state index in [9.17, 15) is 5.11 Å². The minimum atomic E-state index is 0.104. The summed E-state index contributed by atoms with van der Waals surface area (Å²) in [6.45, 7) is 5.55. The van der Waals surface area contributed by atoms with Gasteiger partial charge in [-0.05, 0) is 43.4 Å². The molecular formula is C14H22N2O. The van der Waals surface area contributed by atoms with E-state index in [-0.39, 0.29) is 6.61 Å². The summed E-state index contributed by atoms with van der Waals surface area (Å²) in [4.78, 5) is 7.10. The quantitative estimate of drug-likeness (QED) is 0.869. The molecule has 0 aromatic carbocycles. The molecule has 1 fully saturated rings. The van der Waals surface area contributed by atoms with Gasteiger partial charge in [0.25, 0.3) is 0 Å². The van der Waals surface area contributed by atoms with Crippen LogP contribution in [-0.4, -0.2) is 22.7 Å². The fourth-order valence-electron chi connectivity index (χ4n) is 2.61. The Bertz CT molecular complexity index is 356. The molecule has 0 bridgehead atoms.